The van der Waals surface area contributed by atoms with Gasteiger partial charge in [-0.3, -0.25) is 0 Å². The van der Waals surface area contributed by atoms with Gasteiger partial charge in [0.2, 0.25) is 0 Å². The molecule has 2 nitrogen and oxygen atoms in total. The number of ether oxygens (including phenoxy) is 1. The molecule has 2 aliphatic rings. The highest BCUT2D eigenvalue weighted by molar-refractivity contribution is 5.59. The van der Waals surface area contributed by atoms with Crippen LogP contribution in [-0.2, 0) is 0 Å². The van der Waals surface area contributed by atoms with Crippen LogP contribution in [0.2, 0.25) is 0 Å². The zero-order chi connectivity index (χ0) is 15.3. The van der Waals surface area contributed by atoms with Crippen molar-refractivity contribution in [3.05, 3.63) is 23.8 Å². The van der Waals surface area contributed by atoms with Crippen LogP contribution in [0.3, 0.4) is 0 Å². The van der Waals surface area contributed by atoms with Crippen molar-refractivity contribution in [1.29, 1.82) is 0 Å². The summed E-state index contributed by atoms with van der Waals surface area (Å²) in [5.41, 5.74) is 3.21. The Balaban J connectivity index is 1.90. The van der Waals surface area contributed by atoms with E-state index in [-0.39, 0.29) is 0 Å². The summed E-state index contributed by atoms with van der Waals surface area (Å²) in [6, 6.07) is 7.04. The van der Waals surface area contributed by atoms with E-state index >= 15 is 0 Å². The Morgan fingerprint density at radius 3 is 2.67 bits per heavy atom. The fourth-order valence-electron chi connectivity index (χ4n) is 4.84. The van der Waals surface area contributed by atoms with E-state index in [4.69, 9.17) is 4.74 Å². The molecule has 0 aliphatic heterocycles. The zero-order valence-corrected chi connectivity index (χ0v) is 14.1. The Morgan fingerprint density at radius 1 is 1.29 bits per heavy atom. The molecular formula is C19H29NO. The molecule has 0 aromatic heterocycles. The van der Waals surface area contributed by atoms with Crippen LogP contribution >= 0.6 is 0 Å². The summed E-state index contributed by atoms with van der Waals surface area (Å²) >= 11 is 0. The first kappa shape index (κ1) is 14.7. The minimum atomic E-state index is 0.362. The van der Waals surface area contributed by atoms with Gasteiger partial charge in [0, 0.05) is 6.04 Å². The van der Waals surface area contributed by atoms with Gasteiger partial charge in [-0.2, -0.15) is 0 Å². The molecule has 1 aromatic carbocycles. The van der Waals surface area contributed by atoms with Crippen molar-refractivity contribution in [1.82, 2.24) is 0 Å². The smallest absolute Gasteiger partial charge is 0.142 e. The van der Waals surface area contributed by atoms with Crippen molar-refractivity contribution in [3.8, 4) is 5.75 Å². The molecule has 3 atom stereocenters. The Bertz CT molecular complexity index is 532. The lowest BCUT2D eigenvalue weighted by atomic mass is 9.68. The van der Waals surface area contributed by atoms with Gasteiger partial charge in [-0.25, -0.2) is 0 Å². The maximum Gasteiger partial charge on any atom is 0.142 e. The second kappa shape index (κ2) is 4.93. The number of rotatable bonds is 4. The second-order valence-corrected chi connectivity index (χ2v) is 7.93. The summed E-state index contributed by atoms with van der Waals surface area (Å²) in [5.74, 6) is 1.86. The van der Waals surface area contributed by atoms with E-state index in [1.54, 1.807) is 0 Å². The maximum atomic E-state index is 5.85. The number of hydrogen-bond acceptors (Lipinski definition) is 2. The molecule has 2 fully saturated rings. The number of benzene rings is 1. The Morgan fingerprint density at radius 2 is 2.05 bits per heavy atom. The molecule has 21 heavy (non-hydrogen) atoms. The van der Waals surface area contributed by atoms with Gasteiger partial charge in [0.05, 0.1) is 12.3 Å². The van der Waals surface area contributed by atoms with Crippen molar-refractivity contribution >= 4 is 5.69 Å². The van der Waals surface area contributed by atoms with Gasteiger partial charge >= 0.3 is 0 Å². The largest absolute Gasteiger partial charge is 0.492 e. The molecule has 0 heterocycles. The van der Waals surface area contributed by atoms with Crippen molar-refractivity contribution in [2.24, 2.45) is 16.7 Å². The molecule has 2 bridgehead atoms. The van der Waals surface area contributed by atoms with Crippen molar-refractivity contribution < 1.29 is 4.74 Å². The molecule has 0 radical (unpaired) electrons. The SMILES string of the molecule is CCOc1cc(C)ccc1NC1C(C)(C)[C@H]2CC[C@]1(C)C2. The lowest BCUT2D eigenvalue weighted by molar-refractivity contribution is 0.155. The van der Waals surface area contributed by atoms with Gasteiger partial charge in [-0.15, -0.1) is 0 Å². The van der Waals surface area contributed by atoms with E-state index in [0.717, 1.165) is 17.4 Å². The first-order valence-corrected chi connectivity index (χ1v) is 8.37. The van der Waals surface area contributed by atoms with Gasteiger partial charge in [0.1, 0.15) is 5.75 Å². The summed E-state index contributed by atoms with van der Waals surface area (Å²) in [6.45, 7) is 12.2. The second-order valence-electron chi connectivity index (χ2n) is 7.93. The highest BCUT2D eigenvalue weighted by Crippen LogP contribution is 2.63. The highest BCUT2D eigenvalue weighted by Gasteiger charge is 2.59. The third-order valence-electron chi connectivity index (χ3n) is 6.01. The summed E-state index contributed by atoms with van der Waals surface area (Å²) in [4.78, 5) is 0. The van der Waals surface area contributed by atoms with Crippen LogP contribution in [0.4, 0.5) is 5.69 Å². The maximum absolute atomic E-state index is 5.85. The standard InChI is InChI=1S/C19H29NO/c1-6-21-16-11-13(2)7-8-15(16)20-17-18(3,4)14-9-10-19(17,5)12-14/h7-8,11,14,17,20H,6,9-10,12H2,1-5H3/t14-,17?,19+/m0/s1. The highest BCUT2D eigenvalue weighted by atomic mass is 16.5. The molecule has 116 valence electrons. The fraction of sp³-hybridized carbons (Fsp3) is 0.684. The molecule has 0 spiro atoms. The summed E-state index contributed by atoms with van der Waals surface area (Å²) in [5, 5.41) is 3.86. The molecule has 1 aromatic rings. The summed E-state index contributed by atoms with van der Waals surface area (Å²) in [6.07, 6.45) is 4.12. The Kier molecular flexibility index (Phi) is 3.46. The lowest BCUT2D eigenvalue weighted by Gasteiger charge is -2.43. The Labute approximate surface area is 129 Å². The van der Waals surface area contributed by atoms with Crippen LogP contribution in [0.15, 0.2) is 18.2 Å². The first-order chi connectivity index (χ1) is 9.87. The van der Waals surface area contributed by atoms with Crippen LogP contribution in [0.1, 0.15) is 52.5 Å². The molecule has 3 rings (SSSR count). The number of aryl methyl sites for hydroxylation is 1. The van der Waals surface area contributed by atoms with Crippen LogP contribution in [0.25, 0.3) is 0 Å². The molecule has 1 unspecified atom stereocenters. The van der Waals surface area contributed by atoms with E-state index < -0.39 is 0 Å². The van der Waals surface area contributed by atoms with Gasteiger partial charge in [-0.1, -0.05) is 26.8 Å². The van der Waals surface area contributed by atoms with Gasteiger partial charge in [0.25, 0.3) is 0 Å². The van der Waals surface area contributed by atoms with Crippen LogP contribution in [0.5, 0.6) is 5.75 Å². The average Bonchev–Trinajstić information content (AvgIpc) is 2.88. The van der Waals surface area contributed by atoms with E-state index in [2.05, 4.69) is 58.1 Å². The fourth-order valence-corrected chi connectivity index (χ4v) is 4.84. The third kappa shape index (κ3) is 2.33. The average molecular weight is 287 g/mol. The molecule has 2 heteroatoms. The minimum Gasteiger partial charge on any atom is -0.492 e. The molecule has 0 saturated heterocycles. The zero-order valence-electron chi connectivity index (χ0n) is 14.1. The van der Waals surface area contributed by atoms with Crippen LogP contribution in [0, 0.1) is 23.7 Å². The molecular weight excluding hydrogens is 258 g/mol. The normalized spacial score (nSPS) is 33.2. The number of hydrogen-bond donors (Lipinski definition) is 1. The topological polar surface area (TPSA) is 21.3 Å². The third-order valence-corrected chi connectivity index (χ3v) is 6.01. The number of fused-ring (bicyclic) bond motifs is 2. The monoisotopic (exact) mass is 287 g/mol. The lowest BCUT2D eigenvalue weighted by Crippen LogP contribution is -2.45. The predicted molar refractivity (Wildman–Crippen MR) is 89.0 cm³/mol. The van der Waals surface area contributed by atoms with Crippen LogP contribution < -0.4 is 10.1 Å². The number of nitrogens with one attached hydrogen (secondary N) is 1. The van der Waals surface area contributed by atoms with Crippen LogP contribution in [-0.4, -0.2) is 12.6 Å². The van der Waals surface area contributed by atoms with Crippen molar-refractivity contribution in [3.63, 3.8) is 0 Å². The summed E-state index contributed by atoms with van der Waals surface area (Å²) < 4.78 is 5.85. The van der Waals surface area contributed by atoms with Gasteiger partial charge < -0.3 is 10.1 Å². The van der Waals surface area contributed by atoms with E-state index in [9.17, 15) is 0 Å². The van der Waals surface area contributed by atoms with E-state index in [1.807, 2.05) is 0 Å². The van der Waals surface area contributed by atoms with Gasteiger partial charge in [0.15, 0.2) is 0 Å². The number of anilines is 1. The minimum absolute atomic E-state index is 0.362. The van der Waals surface area contributed by atoms with E-state index in [1.165, 1.54) is 24.8 Å². The summed E-state index contributed by atoms with van der Waals surface area (Å²) in [7, 11) is 0. The quantitative estimate of drug-likeness (QED) is 0.839. The molecule has 2 saturated carbocycles. The Hall–Kier alpha value is -1.18. The van der Waals surface area contributed by atoms with Crippen molar-refractivity contribution in [2.45, 2.75) is 59.9 Å². The first-order valence-electron chi connectivity index (χ1n) is 8.37. The molecule has 0 amide bonds. The molecule has 1 N–H and O–H groups in total. The van der Waals surface area contributed by atoms with Gasteiger partial charge in [-0.05, 0) is 67.6 Å². The van der Waals surface area contributed by atoms with E-state index in [0.29, 0.717) is 23.5 Å². The molecule has 2 aliphatic carbocycles. The predicted octanol–water partition coefficient (Wildman–Crippen LogP) is 5.02. The van der Waals surface area contributed by atoms with Crippen molar-refractivity contribution in [2.75, 3.05) is 11.9 Å².